The minimum atomic E-state index is -3.99. The number of hydrogen-bond donors (Lipinski definition) is 1. The van der Waals surface area contributed by atoms with E-state index in [1.54, 1.807) is 4.90 Å². The normalized spacial score (nSPS) is 14.7. The van der Waals surface area contributed by atoms with Crippen molar-refractivity contribution in [3.8, 4) is 0 Å². The number of nitrogens with zero attached hydrogens (tertiary/aromatic N) is 1. The van der Waals surface area contributed by atoms with E-state index in [2.05, 4.69) is 0 Å². The van der Waals surface area contributed by atoms with Crippen molar-refractivity contribution in [1.82, 2.24) is 4.90 Å². The molecule has 0 aliphatic heterocycles. The molecule has 0 bridgehead atoms. The van der Waals surface area contributed by atoms with Crippen molar-refractivity contribution >= 4 is 27.3 Å². The third-order valence-corrected chi connectivity index (χ3v) is 5.32. The summed E-state index contributed by atoms with van der Waals surface area (Å²) < 4.78 is 36.9. The Morgan fingerprint density at radius 1 is 1.35 bits per heavy atom. The highest BCUT2D eigenvalue weighted by Crippen LogP contribution is 2.31. The van der Waals surface area contributed by atoms with Crippen LogP contribution in [0.1, 0.15) is 28.8 Å². The van der Waals surface area contributed by atoms with E-state index in [0.29, 0.717) is 6.54 Å². The van der Waals surface area contributed by atoms with Crippen molar-refractivity contribution in [1.29, 1.82) is 0 Å². The molecular formula is C15H15FN2O3S2. The Morgan fingerprint density at radius 3 is 2.65 bits per heavy atom. The first-order chi connectivity index (χ1) is 10.9. The molecule has 122 valence electrons. The van der Waals surface area contributed by atoms with Crippen LogP contribution in [0.5, 0.6) is 0 Å². The minimum Gasteiger partial charge on any atom is -0.331 e. The number of primary sulfonamides is 1. The monoisotopic (exact) mass is 354 g/mol. The highest BCUT2D eigenvalue weighted by atomic mass is 32.2. The molecule has 1 fully saturated rings. The second-order valence-electron chi connectivity index (χ2n) is 5.48. The first-order valence-electron chi connectivity index (χ1n) is 7.00. The van der Waals surface area contributed by atoms with Crippen LogP contribution in [0, 0.1) is 5.82 Å². The van der Waals surface area contributed by atoms with Crippen molar-refractivity contribution in [3.05, 3.63) is 52.0 Å². The first-order valence-corrected chi connectivity index (χ1v) is 9.49. The first kappa shape index (κ1) is 16.1. The maximum Gasteiger partial charge on any atom is 0.257 e. The van der Waals surface area contributed by atoms with Crippen molar-refractivity contribution in [2.24, 2.45) is 5.14 Å². The van der Waals surface area contributed by atoms with Crippen LogP contribution in [0.15, 0.2) is 39.9 Å². The van der Waals surface area contributed by atoms with E-state index in [1.807, 2.05) is 16.8 Å². The molecular weight excluding hydrogens is 339 g/mol. The number of nitrogens with two attached hydrogens (primary N) is 1. The number of rotatable bonds is 5. The molecule has 1 aromatic carbocycles. The van der Waals surface area contributed by atoms with Crippen LogP contribution in [0.2, 0.25) is 0 Å². The number of thiophene rings is 1. The zero-order chi connectivity index (χ0) is 16.6. The van der Waals surface area contributed by atoms with E-state index in [4.69, 9.17) is 5.14 Å². The van der Waals surface area contributed by atoms with Crippen LogP contribution in [0.3, 0.4) is 0 Å². The van der Waals surface area contributed by atoms with Crippen LogP contribution in [0.4, 0.5) is 4.39 Å². The van der Waals surface area contributed by atoms with Crippen molar-refractivity contribution in [3.63, 3.8) is 0 Å². The third kappa shape index (κ3) is 3.60. The molecule has 0 saturated heterocycles. The molecule has 3 rings (SSSR count). The summed E-state index contributed by atoms with van der Waals surface area (Å²) in [5.74, 6) is -1.26. The number of hydrogen-bond acceptors (Lipinski definition) is 4. The molecule has 0 spiro atoms. The lowest BCUT2D eigenvalue weighted by molar-refractivity contribution is 0.0725. The fourth-order valence-corrected chi connectivity index (χ4v) is 3.53. The van der Waals surface area contributed by atoms with Crippen molar-refractivity contribution in [2.45, 2.75) is 30.3 Å². The standard InChI is InChI=1S/C15H15FN2O3S2/c16-14-4-3-12(23(17,20)21)7-13(14)15(19)18(11-1-2-11)8-10-5-6-22-9-10/h3-7,9,11H,1-2,8H2,(H2,17,20,21). The van der Waals surface area contributed by atoms with Gasteiger partial charge in [0.05, 0.1) is 10.5 Å². The molecule has 0 radical (unpaired) electrons. The van der Waals surface area contributed by atoms with Gasteiger partial charge in [0.25, 0.3) is 5.91 Å². The molecule has 0 atom stereocenters. The van der Waals surface area contributed by atoms with Crippen LogP contribution < -0.4 is 5.14 Å². The number of sulfonamides is 1. The van der Waals surface area contributed by atoms with Crippen LogP contribution in [-0.4, -0.2) is 25.3 Å². The molecule has 2 N–H and O–H groups in total. The molecule has 1 aliphatic rings. The maximum absolute atomic E-state index is 14.1. The second-order valence-corrected chi connectivity index (χ2v) is 7.82. The SMILES string of the molecule is NS(=O)(=O)c1ccc(F)c(C(=O)N(Cc2ccsc2)C2CC2)c1. The summed E-state index contributed by atoms with van der Waals surface area (Å²) in [6.07, 6.45) is 1.73. The quantitative estimate of drug-likeness (QED) is 0.895. The summed E-state index contributed by atoms with van der Waals surface area (Å²) in [5.41, 5.74) is 0.705. The lowest BCUT2D eigenvalue weighted by Crippen LogP contribution is -2.33. The van der Waals surface area contributed by atoms with Crippen LogP contribution >= 0.6 is 11.3 Å². The van der Waals surface area contributed by atoms with Crippen molar-refractivity contribution < 1.29 is 17.6 Å². The van der Waals surface area contributed by atoms with E-state index in [-0.39, 0.29) is 16.5 Å². The number of carbonyl (C=O) groups excluding carboxylic acids is 1. The van der Waals surface area contributed by atoms with Gasteiger partial charge >= 0.3 is 0 Å². The van der Waals surface area contributed by atoms with E-state index >= 15 is 0 Å². The van der Waals surface area contributed by atoms with Crippen molar-refractivity contribution in [2.75, 3.05) is 0 Å². The van der Waals surface area contributed by atoms with Crippen LogP contribution in [0.25, 0.3) is 0 Å². The molecule has 1 heterocycles. The molecule has 23 heavy (non-hydrogen) atoms. The molecule has 1 saturated carbocycles. The zero-order valence-corrected chi connectivity index (χ0v) is 13.7. The molecule has 0 unspecified atom stereocenters. The van der Waals surface area contributed by atoms with Gasteiger partial charge in [-0.1, -0.05) is 0 Å². The summed E-state index contributed by atoms with van der Waals surface area (Å²) in [6, 6.07) is 5.00. The lowest BCUT2D eigenvalue weighted by atomic mass is 10.1. The predicted octanol–water partition coefficient (Wildman–Crippen LogP) is 2.34. The average Bonchev–Trinajstić information content (AvgIpc) is 3.20. The second kappa shape index (κ2) is 6.03. The fourth-order valence-electron chi connectivity index (χ4n) is 2.33. The Balaban J connectivity index is 1.94. The van der Waals surface area contributed by atoms with Gasteiger partial charge < -0.3 is 4.90 Å². The Kier molecular flexibility index (Phi) is 4.22. The van der Waals surface area contributed by atoms with Gasteiger partial charge in [0.1, 0.15) is 5.82 Å². The fraction of sp³-hybridized carbons (Fsp3) is 0.267. The van der Waals surface area contributed by atoms with E-state index in [1.165, 1.54) is 11.3 Å². The van der Waals surface area contributed by atoms with Gasteiger partial charge in [-0.3, -0.25) is 4.79 Å². The number of benzene rings is 1. The Bertz CT molecular complexity index is 830. The van der Waals surface area contributed by atoms with E-state index in [9.17, 15) is 17.6 Å². The Labute approximate surface area is 137 Å². The third-order valence-electron chi connectivity index (χ3n) is 3.68. The van der Waals surface area contributed by atoms with Gasteiger partial charge in [-0.2, -0.15) is 11.3 Å². The van der Waals surface area contributed by atoms with E-state index in [0.717, 1.165) is 36.6 Å². The van der Waals surface area contributed by atoms with Gasteiger partial charge in [0.15, 0.2) is 0 Å². The number of carbonyl (C=O) groups is 1. The predicted molar refractivity (Wildman–Crippen MR) is 85.0 cm³/mol. The lowest BCUT2D eigenvalue weighted by Gasteiger charge is -2.22. The summed E-state index contributed by atoms with van der Waals surface area (Å²) in [7, 11) is -3.99. The summed E-state index contributed by atoms with van der Waals surface area (Å²) >= 11 is 1.52. The largest absolute Gasteiger partial charge is 0.331 e. The summed E-state index contributed by atoms with van der Waals surface area (Å²) in [6.45, 7) is 0.381. The van der Waals surface area contributed by atoms with Gasteiger partial charge in [-0.25, -0.2) is 17.9 Å². The summed E-state index contributed by atoms with van der Waals surface area (Å²) in [5, 5.41) is 8.90. The molecule has 1 amide bonds. The number of halogens is 1. The van der Waals surface area contributed by atoms with Gasteiger partial charge in [0.2, 0.25) is 10.0 Å². The number of amides is 1. The Morgan fingerprint density at radius 2 is 2.09 bits per heavy atom. The highest BCUT2D eigenvalue weighted by Gasteiger charge is 2.34. The smallest absolute Gasteiger partial charge is 0.257 e. The average molecular weight is 354 g/mol. The molecule has 8 heteroatoms. The molecule has 2 aromatic rings. The zero-order valence-electron chi connectivity index (χ0n) is 12.1. The highest BCUT2D eigenvalue weighted by molar-refractivity contribution is 7.89. The summed E-state index contributed by atoms with van der Waals surface area (Å²) in [4.78, 5) is 14.0. The van der Waals surface area contributed by atoms with Gasteiger partial charge in [-0.05, 0) is 53.4 Å². The van der Waals surface area contributed by atoms with Crippen LogP contribution in [-0.2, 0) is 16.6 Å². The van der Waals surface area contributed by atoms with Gasteiger partial charge in [-0.15, -0.1) is 0 Å². The maximum atomic E-state index is 14.1. The molecule has 1 aromatic heterocycles. The topological polar surface area (TPSA) is 80.5 Å². The van der Waals surface area contributed by atoms with E-state index < -0.39 is 21.7 Å². The minimum absolute atomic E-state index is 0.0694. The molecule has 5 nitrogen and oxygen atoms in total. The Hall–Kier alpha value is -1.77. The van der Waals surface area contributed by atoms with Gasteiger partial charge in [0, 0.05) is 12.6 Å². The molecule has 1 aliphatic carbocycles.